The number of rotatable bonds is 5. The molecule has 1 atom stereocenters. The van der Waals surface area contributed by atoms with Crippen molar-refractivity contribution in [2.45, 2.75) is 25.3 Å². The van der Waals surface area contributed by atoms with Gasteiger partial charge in [0.2, 0.25) is 0 Å². The molecule has 1 saturated heterocycles. The molecule has 3 rings (SSSR count). The number of hydrogen-bond donors (Lipinski definition) is 1. The predicted octanol–water partition coefficient (Wildman–Crippen LogP) is 3.62. The van der Waals surface area contributed by atoms with Crippen LogP contribution in [0.1, 0.15) is 41.2 Å². The summed E-state index contributed by atoms with van der Waals surface area (Å²) in [4.78, 5) is 16.9. The molecule has 138 valence electrons. The summed E-state index contributed by atoms with van der Waals surface area (Å²) < 4.78 is 13.2. The number of hydrogen-bond acceptors (Lipinski definition) is 3. The molecule has 1 amide bonds. The molecule has 0 bridgehead atoms. The number of carbonyl (C=O) groups is 1. The highest BCUT2D eigenvalue weighted by Crippen LogP contribution is 2.32. The van der Waals surface area contributed by atoms with Gasteiger partial charge in [0.15, 0.2) is 0 Å². The lowest BCUT2D eigenvalue weighted by atomic mass is 9.94. The zero-order chi connectivity index (χ0) is 18.5. The van der Waals surface area contributed by atoms with Gasteiger partial charge in [-0.3, -0.25) is 4.79 Å². The van der Waals surface area contributed by atoms with E-state index in [0.29, 0.717) is 18.7 Å². The average molecular weight is 356 g/mol. The maximum atomic E-state index is 13.2. The first-order valence-corrected chi connectivity index (χ1v) is 9.08. The number of likely N-dealkylation sites (N-methyl/N-ethyl adjacent to an activating group) is 1. The summed E-state index contributed by atoms with van der Waals surface area (Å²) >= 11 is 0. The molecule has 0 aromatic heterocycles. The molecule has 0 radical (unpaired) electrons. The molecule has 2 aromatic rings. The summed E-state index contributed by atoms with van der Waals surface area (Å²) in [6, 6.07) is 13.9. The summed E-state index contributed by atoms with van der Waals surface area (Å²) in [5, 5.41) is 9.04. The molecule has 0 spiro atoms. The number of likely N-dealkylation sites (tertiary alicyclic amines) is 1. The van der Waals surface area contributed by atoms with Crippen LogP contribution in [0.25, 0.3) is 0 Å². The Balaban J connectivity index is 1.79. The van der Waals surface area contributed by atoms with Gasteiger partial charge >= 0.3 is 0 Å². The predicted molar refractivity (Wildman–Crippen MR) is 101 cm³/mol. The number of piperidine rings is 1. The van der Waals surface area contributed by atoms with Crippen molar-refractivity contribution in [2.24, 2.45) is 0 Å². The van der Waals surface area contributed by atoms with Crippen molar-refractivity contribution in [1.29, 1.82) is 0 Å². The van der Waals surface area contributed by atoms with E-state index in [-0.39, 0.29) is 24.4 Å². The summed E-state index contributed by atoms with van der Waals surface area (Å²) in [5.74, 6) is -0.250. The molecule has 26 heavy (non-hydrogen) atoms. The fourth-order valence-corrected chi connectivity index (χ4v) is 3.51. The average Bonchev–Trinajstić information content (AvgIpc) is 2.68. The number of halogens is 1. The Kier molecular flexibility index (Phi) is 5.89. The Hall–Kier alpha value is -2.40. The number of carbonyl (C=O) groups excluding carboxylic acids is 1. The highest BCUT2D eigenvalue weighted by Gasteiger charge is 2.28. The standard InChI is InChI=1S/C21H25FN2O2/c1-23(14-15-25)19-11-7-17(8-12-19)21(26)24-13-3-2-4-20(24)16-5-9-18(22)10-6-16/h5-12,20,25H,2-4,13-15H2,1H3. The summed E-state index contributed by atoms with van der Waals surface area (Å²) in [7, 11) is 1.91. The minimum Gasteiger partial charge on any atom is -0.395 e. The summed E-state index contributed by atoms with van der Waals surface area (Å²) in [5.41, 5.74) is 2.60. The normalized spacial score (nSPS) is 17.2. The van der Waals surface area contributed by atoms with Crippen LogP contribution in [-0.4, -0.2) is 42.7 Å². The van der Waals surface area contributed by atoms with Gasteiger partial charge in [-0.1, -0.05) is 12.1 Å². The van der Waals surface area contributed by atoms with Crippen LogP contribution in [0.15, 0.2) is 48.5 Å². The van der Waals surface area contributed by atoms with E-state index in [9.17, 15) is 9.18 Å². The van der Waals surface area contributed by atoms with Crippen molar-refractivity contribution in [3.8, 4) is 0 Å². The van der Waals surface area contributed by atoms with Gasteiger partial charge in [0, 0.05) is 31.4 Å². The third kappa shape index (κ3) is 4.05. The minimum absolute atomic E-state index is 0.00594. The third-order valence-corrected chi connectivity index (χ3v) is 5.01. The molecule has 1 fully saturated rings. The second kappa shape index (κ2) is 8.32. The first kappa shape index (κ1) is 18.4. The van der Waals surface area contributed by atoms with E-state index in [4.69, 9.17) is 5.11 Å². The molecule has 0 aliphatic carbocycles. The van der Waals surface area contributed by atoms with Crippen molar-refractivity contribution < 1.29 is 14.3 Å². The maximum absolute atomic E-state index is 13.2. The van der Waals surface area contributed by atoms with E-state index in [1.165, 1.54) is 12.1 Å². The molecule has 1 aliphatic rings. The van der Waals surface area contributed by atoms with Gasteiger partial charge in [-0.15, -0.1) is 0 Å². The first-order chi connectivity index (χ1) is 12.6. The van der Waals surface area contributed by atoms with Crippen LogP contribution in [0.2, 0.25) is 0 Å². The fourth-order valence-electron chi connectivity index (χ4n) is 3.51. The molecule has 5 heteroatoms. The van der Waals surface area contributed by atoms with Crippen LogP contribution in [0, 0.1) is 5.82 Å². The van der Waals surface area contributed by atoms with Crippen molar-refractivity contribution in [3.63, 3.8) is 0 Å². The molecule has 4 nitrogen and oxygen atoms in total. The zero-order valence-electron chi connectivity index (χ0n) is 15.1. The van der Waals surface area contributed by atoms with Gasteiger partial charge < -0.3 is 14.9 Å². The number of aliphatic hydroxyl groups excluding tert-OH is 1. The fraction of sp³-hybridized carbons (Fsp3) is 0.381. The quantitative estimate of drug-likeness (QED) is 0.890. The highest BCUT2D eigenvalue weighted by atomic mass is 19.1. The van der Waals surface area contributed by atoms with Gasteiger partial charge in [-0.25, -0.2) is 4.39 Å². The minimum atomic E-state index is -0.259. The van der Waals surface area contributed by atoms with Crippen LogP contribution in [0.4, 0.5) is 10.1 Å². The first-order valence-electron chi connectivity index (χ1n) is 9.08. The molecule has 1 heterocycles. The number of amides is 1. The van der Waals surface area contributed by atoms with Gasteiger partial charge in [-0.05, 0) is 61.2 Å². The third-order valence-electron chi connectivity index (χ3n) is 5.01. The van der Waals surface area contributed by atoms with E-state index < -0.39 is 0 Å². The largest absolute Gasteiger partial charge is 0.395 e. The second-order valence-corrected chi connectivity index (χ2v) is 6.75. The van der Waals surface area contributed by atoms with Crippen molar-refractivity contribution in [2.75, 3.05) is 31.6 Å². The van der Waals surface area contributed by atoms with Crippen LogP contribution in [0.3, 0.4) is 0 Å². The molecule has 1 N–H and O–H groups in total. The van der Waals surface area contributed by atoms with Gasteiger partial charge in [0.1, 0.15) is 5.82 Å². The Morgan fingerprint density at radius 3 is 2.50 bits per heavy atom. The number of aliphatic hydroxyl groups is 1. The lowest BCUT2D eigenvalue weighted by molar-refractivity contribution is 0.0611. The molecular weight excluding hydrogens is 331 g/mol. The zero-order valence-corrected chi connectivity index (χ0v) is 15.1. The Morgan fingerprint density at radius 2 is 1.85 bits per heavy atom. The lowest BCUT2D eigenvalue weighted by Gasteiger charge is -2.36. The van der Waals surface area contributed by atoms with Gasteiger partial charge in [0.25, 0.3) is 5.91 Å². The number of anilines is 1. The van der Waals surface area contributed by atoms with Gasteiger partial charge in [-0.2, -0.15) is 0 Å². The van der Waals surface area contributed by atoms with Crippen LogP contribution in [0.5, 0.6) is 0 Å². The Morgan fingerprint density at radius 1 is 1.15 bits per heavy atom. The van der Waals surface area contributed by atoms with Crippen LogP contribution >= 0.6 is 0 Å². The Bertz CT molecular complexity index is 731. The van der Waals surface area contributed by atoms with Crippen molar-refractivity contribution in [3.05, 3.63) is 65.5 Å². The van der Waals surface area contributed by atoms with Crippen LogP contribution in [-0.2, 0) is 0 Å². The summed E-state index contributed by atoms with van der Waals surface area (Å²) in [6.45, 7) is 1.35. The molecule has 1 aliphatic heterocycles. The number of benzene rings is 2. The molecule has 0 saturated carbocycles. The van der Waals surface area contributed by atoms with E-state index in [1.807, 2.05) is 41.1 Å². The maximum Gasteiger partial charge on any atom is 0.254 e. The van der Waals surface area contributed by atoms with Crippen molar-refractivity contribution in [1.82, 2.24) is 4.90 Å². The smallest absolute Gasteiger partial charge is 0.254 e. The molecular formula is C21H25FN2O2. The monoisotopic (exact) mass is 356 g/mol. The van der Waals surface area contributed by atoms with E-state index in [2.05, 4.69) is 0 Å². The lowest BCUT2D eigenvalue weighted by Crippen LogP contribution is -2.38. The molecule has 1 unspecified atom stereocenters. The highest BCUT2D eigenvalue weighted by molar-refractivity contribution is 5.95. The second-order valence-electron chi connectivity index (χ2n) is 6.75. The van der Waals surface area contributed by atoms with E-state index in [1.54, 1.807) is 12.1 Å². The van der Waals surface area contributed by atoms with Crippen molar-refractivity contribution >= 4 is 11.6 Å². The molecule has 2 aromatic carbocycles. The number of nitrogens with zero attached hydrogens (tertiary/aromatic N) is 2. The van der Waals surface area contributed by atoms with E-state index in [0.717, 1.165) is 30.5 Å². The van der Waals surface area contributed by atoms with Crippen LogP contribution < -0.4 is 4.90 Å². The van der Waals surface area contributed by atoms with Gasteiger partial charge in [0.05, 0.1) is 12.6 Å². The van der Waals surface area contributed by atoms with E-state index >= 15 is 0 Å². The Labute approximate surface area is 153 Å². The SMILES string of the molecule is CN(CCO)c1ccc(C(=O)N2CCCCC2c2ccc(F)cc2)cc1. The topological polar surface area (TPSA) is 43.8 Å². The summed E-state index contributed by atoms with van der Waals surface area (Å²) in [6.07, 6.45) is 2.95.